The molecular formula is C18H29Zr. The molecule has 2 rings (SSSR count). The van der Waals surface area contributed by atoms with Crippen molar-refractivity contribution in [3.63, 3.8) is 0 Å². The maximum absolute atomic E-state index is 2.99. The summed E-state index contributed by atoms with van der Waals surface area (Å²) in [5, 5.41) is 0. The summed E-state index contributed by atoms with van der Waals surface area (Å²) in [5.41, 5.74) is 4.96. The zero-order valence-electron chi connectivity index (χ0n) is 13.9. The van der Waals surface area contributed by atoms with Gasteiger partial charge in [-0.15, -0.1) is 0 Å². The third-order valence-electron chi connectivity index (χ3n) is 5.83. The Morgan fingerprint density at radius 2 is 1.58 bits per heavy atom. The predicted octanol–water partition coefficient (Wildman–Crippen LogP) is 6.31. The van der Waals surface area contributed by atoms with E-state index in [9.17, 15) is 0 Å². The average molecular weight is 337 g/mol. The summed E-state index contributed by atoms with van der Waals surface area (Å²) >= 11 is -2.99. The zero-order chi connectivity index (χ0) is 14.7. The fourth-order valence-corrected chi connectivity index (χ4v) is 18.6. The average Bonchev–Trinajstić information content (AvgIpc) is 2.83. The molecule has 105 valence electrons. The van der Waals surface area contributed by atoms with Gasteiger partial charge in [0.05, 0.1) is 0 Å². The molecule has 0 amide bonds. The molecule has 0 radical (unpaired) electrons. The third kappa shape index (κ3) is 2.04. The maximum atomic E-state index is 2.62. The summed E-state index contributed by atoms with van der Waals surface area (Å²) in [6.07, 6.45) is 8.17. The van der Waals surface area contributed by atoms with E-state index in [1.54, 1.807) is 17.7 Å². The van der Waals surface area contributed by atoms with Crippen LogP contribution in [0.5, 0.6) is 0 Å². The molecule has 1 heteroatoms. The molecule has 0 fully saturated rings. The van der Waals surface area contributed by atoms with Crippen LogP contribution < -0.4 is 0 Å². The molecule has 0 bridgehead atoms. The molecule has 0 aliphatic heterocycles. The molecule has 0 saturated heterocycles. The summed E-state index contributed by atoms with van der Waals surface area (Å²) in [6, 6.07) is 0. The van der Waals surface area contributed by atoms with Gasteiger partial charge in [0.25, 0.3) is 0 Å². The first kappa shape index (κ1) is 15.2. The van der Waals surface area contributed by atoms with Crippen LogP contribution in [0.3, 0.4) is 0 Å². The van der Waals surface area contributed by atoms with Gasteiger partial charge in [-0.1, -0.05) is 0 Å². The normalized spacial score (nSPS) is 24.8. The quantitative estimate of drug-likeness (QED) is 0.554. The van der Waals surface area contributed by atoms with Crippen LogP contribution in [0.25, 0.3) is 0 Å². The summed E-state index contributed by atoms with van der Waals surface area (Å²) in [5.74, 6) is 0. The summed E-state index contributed by atoms with van der Waals surface area (Å²) in [6.45, 7) is 11.9. The SMILES string of the molecule is CC1=C(C)C(C)(C)[C]([Zr]([CH3])([CH3])([CH3])[C]2=CC=CC2)=C1C. The van der Waals surface area contributed by atoms with Gasteiger partial charge in [-0.05, 0) is 0 Å². The topological polar surface area (TPSA) is 0 Å². The fraction of sp³-hybridized carbons (Fsp3) is 0.556. The molecule has 2 aliphatic carbocycles. The van der Waals surface area contributed by atoms with Crippen molar-refractivity contribution in [1.82, 2.24) is 0 Å². The van der Waals surface area contributed by atoms with Crippen LogP contribution in [-0.4, -0.2) is 0 Å². The van der Waals surface area contributed by atoms with Crippen molar-refractivity contribution in [1.29, 1.82) is 0 Å². The second-order valence-corrected chi connectivity index (χ2v) is 26.5. The van der Waals surface area contributed by atoms with E-state index in [0.717, 1.165) is 0 Å². The van der Waals surface area contributed by atoms with Crippen molar-refractivity contribution < 1.29 is 18.8 Å². The van der Waals surface area contributed by atoms with Crippen LogP contribution >= 0.6 is 0 Å². The molecule has 0 nitrogen and oxygen atoms in total. The number of rotatable bonds is 2. The van der Waals surface area contributed by atoms with E-state index in [2.05, 4.69) is 66.7 Å². The van der Waals surface area contributed by atoms with Crippen LogP contribution in [0, 0.1) is 5.41 Å². The number of allylic oxidation sites excluding steroid dienone is 8. The molecule has 0 aromatic carbocycles. The van der Waals surface area contributed by atoms with Gasteiger partial charge in [0, 0.05) is 0 Å². The third-order valence-corrected chi connectivity index (χ3v) is 19.0. The van der Waals surface area contributed by atoms with Gasteiger partial charge in [-0.3, -0.25) is 0 Å². The van der Waals surface area contributed by atoms with Crippen molar-refractivity contribution in [3.8, 4) is 0 Å². The van der Waals surface area contributed by atoms with Gasteiger partial charge in [0.15, 0.2) is 0 Å². The minimum atomic E-state index is -2.99. The van der Waals surface area contributed by atoms with Crippen molar-refractivity contribution in [2.24, 2.45) is 5.41 Å². The molecule has 0 N–H and O–H groups in total. The van der Waals surface area contributed by atoms with Gasteiger partial charge >= 0.3 is 121 Å². The van der Waals surface area contributed by atoms with E-state index in [-0.39, 0.29) is 5.41 Å². The number of hydrogen-bond donors (Lipinski definition) is 0. The Labute approximate surface area is 120 Å². The van der Waals surface area contributed by atoms with E-state index in [1.807, 2.05) is 0 Å². The van der Waals surface area contributed by atoms with Gasteiger partial charge in [-0.2, -0.15) is 0 Å². The number of hydrogen-bond acceptors (Lipinski definition) is 0. The van der Waals surface area contributed by atoms with E-state index in [4.69, 9.17) is 0 Å². The van der Waals surface area contributed by atoms with E-state index in [1.165, 1.54) is 12.0 Å². The predicted molar refractivity (Wildman–Crippen MR) is 84.3 cm³/mol. The van der Waals surface area contributed by atoms with Gasteiger partial charge in [-0.25, -0.2) is 0 Å². The molecule has 0 aromatic heterocycles. The Bertz CT molecular complexity index is 554. The molecule has 19 heavy (non-hydrogen) atoms. The van der Waals surface area contributed by atoms with Gasteiger partial charge < -0.3 is 0 Å². The van der Waals surface area contributed by atoms with E-state index >= 15 is 0 Å². The fourth-order valence-electron chi connectivity index (χ4n) is 4.60. The first-order chi connectivity index (χ1) is 8.48. The second-order valence-electron chi connectivity index (χ2n) is 8.32. The molecule has 0 aromatic rings. The molecule has 0 heterocycles. The summed E-state index contributed by atoms with van der Waals surface area (Å²) < 4.78 is 11.4. The van der Waals surface area contributed by atoms with Crippen LogP contribution in [0.1, 0.15) is 41.0 Å². The minimum absolute atomic E-state index is 0.251. The van der Waals surface area contributed by atoms with E-state index < -0.39 is 18.8 Å². The monoisotopic (exact) mass is 335 g/mol. The second kappa shape index (κ2) is 4.17. The van der Waals surface area contributed by atoms with Gasteiger partial charge in [0.1, 0.15) is 0 Å². The molecule has 0 unspecified atom stereocenters. The van der Waals surface area contributed by atoms with Crippen LogP contribution in [-0.2, 0) is 18.8 Å². The van der Waals surface area contributed by atoms with Crippen molar-refractivity contribution in [2.75, 3.05) is 0 Å². The summed E-state index contributed by atoms with van der Waals surface area (Å²) in [7, 11) is 0. The standard InChI is InChI=1S/C10H15.C5H5.3CH3.Zr/c1-7-6-10(4,5)9(3)8(7)2;1-2-4-5-3-1;;;;/h1-5H3;1-3H,4H2;3*1H3;. The molecular weight excluding hydrogens is 307 g/mol. The Hall–Kier alpha value is -0.157. The van der Waals surface area contributed by atoms with Crippen LogP contribution in [0.4, 0.5) is 0 Å². The van der Waals surface area contributed by atoms with Crippen molar-refractivity contribution in [3.05, 3.63) is 41.5 Å². The Balaban J connectivity index is 2.66. The van der Waals surface area contributed by atoms with E-state index in [0.29, 0.717) is 0 Å². The Morgan fingerprint density at radius 1 is 1.00 bits per heavy atom. The molecule has 0 spiro atoms. The molecule has 0 atom stereocenters. The first-order valence-electron chi connectivity index (χ1n) is 7.47. The zero-order valence-corrected chi connectivity index (χ0v) is 16.4. The van der Waals surface area contributed by atoms with Crippen LogP contribution in [0.2, 0.25) is 13.9 Å². The molecule has 0 saturated carbocycles. The van der Waals surface area contributed by atoms with Gasteiger partial charge in [0.2, 0.25) is 0 Å². The van der Waals surface area contributed by atoms with Crippen molar-refractivity contribution >= 4 is 0 Å². The Kier molecular flexibility index (Phi) is 3.34. The van der Waals surface area contributed by atoms with Crippen molar-refractivity contribution in [2.45, 2.75) is 54.9 Å². The first-order valence-corrected chi connectivity index (χ1v) is 17.3. The van der Waals surface area contributed by atoms with Crippen LogP contribution in [0.15, 0.2) is 41.5 Å². The Morgan fingerprint density at radius 3 is 1.95 bits per heavy atom. The molecule has 2 aliphatic rings. The summed E-state index contributed by atoms with van der Waals surface area (Å²) in [4.78, 5) is 0.